The summed E-state index contributed by atoms with van der Waals surface area (Å²) in [7, 11) is 0. The van der Waals surface area contributed by atoms with Gasteiger partial charge in [-0.3, -0.25) is 9.69 Å². The second-order valence-electron chi connectivity index (χ2n) is 8.07. The molecule has 0 aromatic heterocycles. The number of carbonyl (C=O) groups excluding carboxylic acids is 2. The lowest BCUT2D eigenvalue weighted by Crippen LogP contribution is -2.55. The fourth-order valence-corrected chi connectivity index (χ4v) is 3.60. The van der Waals surface area contributed by atoms with E-state index in [-0.39, 0.29) is 19.5 Å². The maximum atomic E-state index is 13.8. The maximum Gasteiger partial charge on any atom is 0.411 e. The number of alkyl halides is 1. The Kier molecular flexibility index (Phi) is 5.09. The van der Waals surface area contributed by atoms with Gasteiger partial charge in [-0.2, -0.15) is 5.26 Å². The topological polar surface area (TPSA) is 73.6 Å². The molecule has 0 N–H and O–H groups in total. The first-order valence-corrected chi connectivity index (χ1v) is 9.10. The second-order valence-corrected chi connectivity index (χ2v) is 8.07. The minimum absolute atomic E-state index is 0.0119. The zero-order chi connectivity index (χ0) is 19.8. The Morgan fingerprint density at radius 2 is 1.89 bits per heavy atom. The van der Waals surface area contributed by atoms with Gasteiger partial charge in [0.15, 0.2) is 0 Å². The SMILES string of the molecule is CC(C)(C)OC(=O)N1Cc2ccccc2C[C@H]1C(=O)N1C[C@@H](F)C[C@H]1C#N. The van der Waals surface area contributed by atoms with Crippen LogP contribution in [0.25, 0.3) is 0 Å². The van der Waals surface area contributed by atoms with Crippen LogP contribution in [0.2, 0.25) is 0 Å². The third-order valence-electron chi connectivity index (χ3n) is 4.84. The summed E-state index contributed by atoms with van der Waals surface area (Å²) in [5.41, 5.74) is 1.23. The standard InChI is InChI=1S/C20H24FN3O3/c1-20(2,3)27-19(26)24-11-14-7-5-4-6-13(14)8-17(24)18(25)23-12-15(21)9-16(23)10-22/h4-7,15-17H,8-9,11-12H2,1-3H3/t15-,16-,17-/m0/s1. The number of carbonyl (C=O) groups is 2. The van der Waals surface area contributed by atoms with Crippen LogP contribution in [-0.2, 0) is 22.5 Å². The van der Waals surface area contributed by atoms with E-state index in [9.17, 15) is 19.2 Å². The molecule has 3 atom stereocenters. The van der Waals surface area contributed by atoms with Crippen molar-refractivity contribution in [1.82, 2.24) is 9.80 Å². The van der Waals surface area contributed by atoms with Crippen LogP contribution in [-0.4, -0.2) is 52.2 Å². The first kappa shape index (κ1) is 19.2. The predicted octanol–water partition coefficient (Wildman–Crippen LogP) is 2.81. The van der Waals surface area contributed by atoms with Crippen LogP contribution in [0, 0.1) is 11.3 Å². The molecule has 7 heteroatoms. The van der Waals surface area contributed by atoms with Crippen LogP contribution in [0.15, 0.2) is 24.3 Å². The van der Waals surface area contributed by atoms with Gasteiger partial charge in [0.05, 0.1) is 19.2 Å². The van der Waals surface area contributed by atoms with Crippen molar-refractivity contribution in [3.05, 3.63) is 35.4 Å². The van der Waals surface area contributed by atoms with Gasteiger partial charge < -0.3 is 9.64 Å². The summed E-state index contributed by atoms with van der Waals surface area (Å²) in [6, 6.07) is 7.99. The molecule has 0 saturated carbocycles. The van der Waals surface area contributed by atoms with Crippen molar-refractivity contribution in [2.24, 2.45) is 0 Å². The molecule has 0 aliphatic carbocycles. The van der Waals surface area contributed by atoms with Gasteiger partial charge in [-0.15, -0.1) is 0 Å². The molecule has 1 fully saturated rings. The lowest BCUT2D eigenvalue weighted by Gasteiger charge is -2.38. The summed E-state index contributed by atoms with van der Waals surface area (Å²) in [5, 5.41) is 9.27. The minimum atomic E-state index is -1.22. The number of hydrogen-bond acceptors (Lipinski definition) is 4. The van der Waals surface area contributed by atoms with E-state index >= 15 is 0 Å². The molecule has 1 aromatic rings. The van der Waals surface area contributed by atoms with E-state index in [0.717, 1.165) is 11.1 Å². The Morgan fingerprint density at radius 1 is 1.22 bits per heavy atom. The number of likely N-dealkylation sites (tertiary alicyclic amines) is 1. The van der Waals surface area contributed by atoms with Gasteiger partial charge in [0.2, 0.25) is 5.91 Å². The molecule has 2 heterocycles. The number of benzene rings is 1. The Hall–Kier alpha value is -2.62. The number of nitrogens with zero attached hydrogens (tertiary/aromatic N) is 3. The molecule has 2 amide bonds. The van der Waals surface area contributed by atoms with Gasteiger partial charge in [0, 0.05) is 12.8 Å². The lowest BCUT2D eigenvalue weighted by molar-refractivity contribution is -0.137. The summed E-state index contributed by atoms with van der Waals surface area (Å²) < 4.78 is 19.3. The molecule has 0 radical (unpaired) electrons. The quantitative estimate of drug-likeness (QED) is 0.759. The number of rotatable bonds is 1. The highest BCUT2D eigenvalue weighted by molar-refractivity contribution is 5.87. The van der Waals surface area contributed by atoms with E-state index in [2.05, 4.69) is 0 Å². The van der Waals surface area contributed by atoms with Crippen molar-refractivity contribution in [2.45, 2.75) is 64.0 Å². The zero-order valence-corrected chi connectivity index (χ0v) is 15.8. The second kappa shape index (κ2) is 7.18. The van der Waals surface area contributed by atoms with Crippen LogP contribution >= 0.6 is 0 Å². The minimum Gasteiger partial charge on any atom is -0.444 e. The largest absolute Gasteiger partial charge is 0.444 e. The van der Waals surface area contributed by atoms with E-state index in [1.165, 1.54) is 9.80 Å². The Balaban J connectivity index is 1.90. The van der Waals surface area contributed by atoms with E-state index < -0.39 is 35.9 Å². The third kappa shape index (κ3) is 4.05. The van der Waals surface area contributed by atoms with Gasteiger partial charge >= 0.3 is 6.09 Å². The Bertz CT molecular complexity index is 783. The average Bonchev–Trinajstić information content (AvgIpc) is 2.99. The number of ether oxygens (including phenoxy) is 1. The molecule has 2 aliphatic heterocycles. The summed E-state index contributed by atoms with van der Waals surface area (Å²) >= 11 is 0. The highest BCUT2D eigenvalue weighted by Gasteiger charge is 2.43. The molecule has 0 unspecified atom stereocenters. The molecule has 3 rings (SSSR count). The molecule has 144 valence electrons. The van der Waals surface area contributed by atoms with Crippen molar-refractivity contribution < 1.29 is 18.7 Å². The number of halogens is 1. The van der Waals surface area contributed by atoms with Crippen LogP contribution in [0.1, 0.15) is 38.3 Å². The molecular weight excluding hydrogens is 349 g/mol. The Labute approximate surface area is 158 Å². The van der Waals surface area contributed by atoms with Crippen molar-refractivity contribution in [3.8, 4) is 6.07 Å². The lowest BCUT2D eigenvalue weighted by atomic mass is 9.93. The highest BCUT2D eigenvalue weighted by atomic mass is 19.1. The molecule has 27 heavy (non-hydrogen) atoms. The summed E-state index contributed by atoms with van der Waals surface area (Å²) in [6.07, 6.45) is -1.47. The van der Waals surface area contributed by atoms with Crippen molar-refractivity contribution >= 4 is 12.0 Å². The van der Waals surface area contributed by atoms with Crippen LogP contribution in [0.5, 0.6) is 0 Å². The first-order valence-electron chi connectivity index (χ1n) is 9.10. The van der Waals surface area contributed by atoms with E-state index in [4.69, 9.17) is 4.74 Å². The zero-order valence-electron chi connectivity index (χ0n) is 15.8. The van der Waals surface area contributed by atoms with Crippen molar-refractivity contribution in [1.29, 1.82) is 5.26 Å². The molecule has 1 aromatic carbocycles. The number of fused-ring (bicyclic) bond motifs is 1. The Morgan fingerprint density at radius 3 is 2.52 bits per heavy atom. The highest BCUT2D eigenvalue weighted by Crippen LogP contribution is 2.29. The molecule has 0 spiro atoms. The molecule has 0 bridgehead atoms. The fourth-order valence-electron chi connectivity index (χ4n) is 3.60. The number of hydrogen-bond donors (Lipinski definition) is 0. The van der Waals surface area contributed by atoms with E-state index in [0.29, 0.717) is 6.42 Å². The van der Waals surface area contributed by atoms with Crippen molar-refractivity contribution in [3.63, 3.8) is 0 Å². The smallest absolute Gasteiger partial charge is 0.411 e. The third-order valence-corrected chi connectivity index (χ3v) is 4.84. The van der Waals surface area contributed by atoms with Gasteiger partial charge in [-0.1, -0.05) is 24.3 Å². The molecular formula is C20H24FN3O3. The summed E-state index contributed by atoms with van der Waals surface area (Å²) in [4.78, 5) is 28.6. The number of nitriles is 1. The van der Waals surface area contributed by atoms with E-state index in [1.807, 2.05) is 30.3 Å². The van der Waals surface area contributed by atoms with Gasteiger partial charge in [-0.05, 0) is 31.9 Å². The summed E-state index contributed by atoms with van der Waals surface area (Å²) in [5.74, 6) is -0.401. The van der Waals surface area contributed by atoms with Gasteiger partial charge in [0.1, 0.15) is 23.9 Å². The van der Waals surface area contributed by atoms with E-state index in [1.54, 1.807) is 20.8 Å². The first-order chi connectivity index (χ1) is 12.7. The normalized spacial score (nSPS) is 24.9. The maximum absolute atomic E-state index is 13.8. The predicted molar refractivity (Wildman–Crippen MR) is 96.3 cm³/mol. The average molecular weight is 373 g/mol. The van der Waals surface area contributed by atoms with Gasteiger partial charge in [-0.25, -0.2) is 9.18 Å². The molecule has 1 saturated heterocycles. The molecule has 2 aliphatic rings. The van der Waals surface area contributed by atoms with Crippen LogP contribution in [0.3, 0.4) is 0 Å². The fraction of sp³-hybridized carbons (Fsp3) is 0.550. The monoisotopic (exact) mass is 373 g/mol. The van der Waals surface area contributed by atoms with Crippen LogP contribution < -0.4 is 0 Å². The molecule has 6 nitrogen and oxygen atoms in total. The summed E-state index contributed by atoms with van der Waals surface area (Å²) in [6.45, 7) is 5.42. The number of amides is 2. The van der Waals surface area contributed by atoms with Crippen molar-refractivity contribution in [2.75, 3.05) is 6.54 Å². The van der Waals surface area contributed by atoms with Crippen LogP contribution in [0.4, 0.5) is 9.18 Å². The van der Waals surface area contributed by atoms with Gasteiger partial charge in [0.25, 0.3) is 0 Å².